The normalized spacial score (nSPS) is 50.9. The fourth-order valence-corrected chi connectivity index (χ4v) is 5.96. The van der Waals surface area contributed by atoms with Crippen LogP contribution in [-0.2, 0) is 9.53 Å². The largest absolute Gasteiger partial charge is 0.459 e. The van der Waals surface area contributed by atoms with Crippen LogP contribution in [0.2, 0.25) is 0 Å². The summed E-state index contributed by atoms with van der Waals surface area (Å²) in [5.74, 6) is 2.63. The van der Waals surface area contributed by atoms with Crippen LogP contribution in [-0.4, -0.2) is 11.6 Å². The molecule has 6 atom stereocenters. The van der Waals surface area contributed by atoms with Crippen molar-refractivity contribution in [2.24, 2.45) is 35.0 Å². The van der Waals surface area contributed by atoms with E-state index < -0.39 is 0 Å². The number of ether oxygens (including phenoxy) is 1. The molecular formula is C18H26O2. The first-order valence-corrected chi connectivity index (χ1v) is 8.31. The van der Waals surface area contributed by atoms with Crippen LogP contribution in [0.25, 0.3) is 0 Å². The van der Waals surface area contributed by atoms with Gasteiger partial charge in [-0.05, 0) is 62.2 Å². The van der Waals surface area contributed by atoms with Gasteiger partial charge in [0.05, 0.1) is 5.92 Å². The molecule has 4 bridgehead atoms. The van der Waals surface area contributed by atoms with Crippen molar-refractivity contribution in [2.75, 3.05) is 0 Å². The van der Waals surface area contributed by atoms with Gasteiger partial charge in [0.1, 0.15) is 5.60 Å². The van der Waals surface area contributed by atoms with Crippen LogP contribution in [0, 0.1) is 35.0 Å². The van der Waals surface area contributed by atoms with Crippen LogP contribution >= 0.6 is 0 Å². The van der Waals surface area contributed by atoms with Gasteiger partial charge in [0, 0.05) is 5.92 Å². The first kappa shape index (κ1) is 12.9. The molecule has 0 aromatic rings. The second kappa shape index (κ2) is 3.90. The summed E-state index contributed by atoms with van der Waals surface area (Å²) in [6, 6.07) is 0. The Morgan fingerprint density at radius 2 is 1.95 bits per heavy atom. The number of carbonyl (C=O) groups is 1. The Morgan fingerprint density at radius 1 is 1.15 bits per heavy atom. The lowest BCUT2D eigenvalue weighted by atomic mass is 9.78. The highest BCUT2D eigenvalue weighted by Crippen LogP contribution is 2.63. The lowest BCUT2D eigenvalue weighted by Gasteiger charge is -2.37. The van der Waals surface area contributed by atoms with E-state index in [-0.39, 0.29) is 17.5 Å². The maximum Gasteiger partial charge on any atom is 0.310 e. The Morgan fingerprint density at radius 3 is 2.45 bits per heavy atom. The van der Waals surface area contributed by atoms with Crippen molar-refractivity contribution in [3.63, 3.8) is 0 Å². The molecule has 0 spiro atoms. The summed E-state index contributed by atoms with van der Waals surface area (Å²) in [7, 11) is 0. The minimum absolute atomic E-state index is 0.0905. The van der Waals surface area contributed by atoms with Crippen LogP contribution in [0.3, 0.4) is 0 Å². The lowest BCUT2D eigenvalue weighted by molar-refractivity contribution is -0.170. The zero-order valence-corrected chi connectivity index (χ0v) is 12.9. The summed E-state index contributed by atoms with van der Waals surface area (Å²) in [5, 5.41) is 0. The lowest BCUT2D eigenvalue weighted by Crippen LogP contribution is -2.41. The summed E-state index contributed by atoms with van der Waals surface area (Å²) < 4.78 is 6.13. The molecule has 6 unspecified atom stereocenters. The summed E-state index contributed by atoms with van der Waals surface area (Å²) >= 11 is 0. The molecular weight excluding hydrogens is 248 g/mol. The SMILES string of the molecule is CC1(OC(=O)C2CC3C=CC2C3)CC2CCC1C2(C)C. The van der Waals surface area contributed by atoms with E-state index in [1.54, 1.807) is 0 Å². The van der Waals surface area contributed by atoms with Gasteiger partial charge in [-0.1, -0.05) is 26.0 Å². The number of fused-ring (bicyclic) bond motifs is 4. The second-order valence-electron chi connectivity index (χ2n) is 8.47. The predicted molar refractivity (Wildman–Crippen MR) is 78.0 cm³/mol. The highest BCUT2D eigenvalue weighted by Gasteiger charge is 2.61. The fourth-order valence-electron chi connectivity index (χ4n) is 5.96. The fraction of sp³-hybridized carbons (Fsp3) is 0.833. The Balaban J connectivity index is 1.50. The number of rotatable bonds is 2. The van der Waals surface area contributed by atoms with Gasteiger partial charge in [-0.25, -0.2) is 0 Å². The minimum Gasteiger partial charge on any atom is -0.459 e. The third-order valence-electron chi connectivity index (χ3n) is 7.06. The highest BCUT2D eigenvalue weighted by atomic mass is 16.6. The molecule has 0 aromatic carbocycles. The number of carbonyl (C=O) groups excluding carboxylic acids is 1. The zero-order valence-electron chi connectivity index (χ0n) is 12.9. The van der Waals surface area contributed by atoms with Gasteiger partial charge in [0.15, 0.2) is 0 Å². The van der Waals surface area contributed by atoms with E-state index in [9.17, 15) is 4.79 Å². The molecule has 0 amide bonds. The molecule has 0 N–H and O–H groups in total. The quantitative estimate of drug-likeness (QED) is 0.563. The van der Waals surface area contributed by atoms with E-state index in [1.807, 2.05) is 0 Å². The van der Waals surface area contributed by atoms with Crippen LogP contribution < -0.4 is 0 Å². The van der Waals surface area contributed by atoms with Gasteiger partial charge in [-0.2, -0.15) is 0 Å². The average molecular weight is 274 g/mol. The Labute approximate surface area is 122 Å². The molecule has 3 saturated carbocycles. The average Bonchev–Trinajstić information content (AvgIpc) is 3.08. The number of esters is 1. The van der Waals surface area contributed by atoms with Crippen molar-refractivity contribution in [1.29, 1.82) is 0 Å². The van der Waals surface area contributed by atoms with Crippen LogP contribution in [0.1, 0.15) is 52.9 Å². The van der Waals surface area contributed by atoms with Crippen LogP contribution in [0.15, 0.2) is 12.2 Å². The third kappa shape index (κ3) is 1.60. The zero-order chi connectivity index (χ0) is 14.1. The van der Waals surface area contributed by atoms with E-state index in [2.05, 4.69) is 32.9 Å². The van der Waals surface area contributed by atoms with Crippen LogP contribution in [0.4, 0.5) is 0 Å². The van der Waals surface area contributed by atoms with Crippen LogP contribution in [0.5, 0.6) is 0 Å². The first-order chi connectivity index (χ1) is 9.40. The maximum atomic E-state index is 12.6. The molecule has 4 aliphatic carbocycles. The van der Waals surface area contributed by atoms with Gasteiger partial charge < -0.3 is 4.74 Å². The van der Waals surface area contributed by atoms with E-state index in [0.717, 1.165) is 18.8 Å². The first-order valence-electron chi connectivity index (χ1n) is 8.31. The summed E-state index contributed by atoms with van der Waals surface area (Å²) in [5.41, 5.74) is 0.151. The molecule has 2 heteroatoms. The van der Waals surface area contributed by atoms with Crippen molar-refractivity contribution in [3.8, 4) is 0 Å². The van der Waals surface area contributed by atoms with Crippen molar-refractivity contribution in [2.45, 2.75) is 58.5 Å². The van der Waals surface area contributed by atoms with Crippen molar-refractivity contribution in [3.05, 3.63) is 12.2 Å². The standard InChI is InChI=1S/C18H26O2/c1-17(2)13-6-7-15(17)18(3,10-13)20-16(19)14-9-11-4-5-12(14)8-11/h4-5,11-15H,6-10H2,1-3H3. The Hall–Kier alpha value is -0.790. The molecule has 110 valence electrons. The molecule has 2 nitrogen and oxygen atoms in total. The smallest absolute Gasteiger partial charge is 0.310 e. The number of hydrogen-bond acceptors (Lipinski definition) is 2. The molecule has 3 fully saturated rings. The van der Waals surface area contributed by atoms with Crippen molar-refractivity contribution >= 4 is 5.97 Å². The van der Waals surface area contributed by atoms with Crippen molar-refractivity contribution in [1.82, 2.24) is 0 Å². The molecule has 0 aliphatic heterocycles. The van der Waals surface area contributed by atoms with E-state index >= 15 is 0 Å². The summed E-state index contributed by atoms with van der Waals surface area (Å²) in [6.45, 7) is 6.93. The minimum atomic E-state index is -0.199. The molecule has 20 heavy (non-hydrogen) atoms. The topological polar surface area (TPSA) is 26.3 Å². The highest BCUT2D eigenvalue weighted by molar-refractivity contribution is 5.74. The van der Waals surface area contributed by atoms with Gasteiger partial charge >= 0.3 is 5.97 Å². The molecule has 0 heterocycles. The molecule has 4 rings (SSSR count). The molecule has 4 aliphatic rings. The maximum absolute atomic E-state index is 12.6. The van der Waals surface area contributed by atoms with Crippen molar-refractivity contribution < 1.29 is 9.53 Å². The number of hydrogen-bond donors (Lipinski definition) is 0. The molecule has 0 saturated heterocycles. The van der Waals surface area contributed by atoms with E-state index in [0.29, 0.717) is 23.2 Å². The monoisotopic (exact) mass is 274 g/mol. The third-order valence-corrected chi connectivity index (χ3v) is 7.06. The van der Waals surface area contributed by atoms with E-state index in [4.69, 9.17) is 4.74 Å². The second-order valence-corrected chi connectivity index (χ2v) is 8.47. The van der Waals surface area contributed by atoms with Gasteiger partial charge in [0.2, 0.25) is 0 Å². The summed E-state index contributed by atoms with van der Waals surface area (Å²) in [4.78, 5) is 12.6. The number of allylic oxidation sites excluding steroid dienone is 2. The van der Waals surface area contributed by atoms with Gasteiger partial charge in [0.25, 0.3) is 0 Å². The summed E-state index contributed by atoms with van der Waals surface area (Å²) in [6.07, 6.45) is 10.4. The Bertz CT molecular complexity index is 478. The predicted octanol–water partition coefficient (Wildman–Crippen LogP) is 3.96. The molecule has 0 aromatic heterocycles. The molecule has 0 radical (unpaired) electrons. The van der Waals surface area contributed by atoms with E-state index in [1.165, 1.54) is 19.3 Å². The van der Waals surface area contributed by atoms with Gasteiger partial charge in [-0.15, -0.1) is 0 Å². The Kier molecular flexibility index (Phi) is 2.52. The van der Waals surface area contributed by atoms with Gasteiger partial charge in [-0.3, -0.25) is 4.79 Å².